The van der Waals surface area contributed by atoms with Crippen LogP contribution < -0.4 is 10.6 Å². The highest BCUT2D eigenvalue weighted by Gasteiger charge is 2.49. The molecule has 2 heterocycles. The summed E-state index contributed by atoms with van der Waals surface area (Å²) >= 11 is 5.92. The second kappa shape index (κ2) is 6.35. The zero-order chi connectivity index (χ0) is 16.7. The first-order valence-electron chi connectivity index (χ1n) is 8.22. The van der Waals surface area contributed by atoms with E-state index in [0.717, 1.165) is 12.8 Å². The number of fused-ring (bicyclic) bond motifs is 1. The summed E-state index contributed by atoms with van der Waals surface area (Å²) in [6.07, 6.45) is 1.48. The van der Waals surface area contributed by atoms with E-state index < -0.39 is 0 Å². The molecule has 3 fully saturated rings. The molecule has 2 N–H and O–H groups in total. The molecule has 0 radical (unpaired) electrons. The maximum Gasteiger partial charge on any atom is 0.251 e. The maximum atomic E-state index is 12.3. The number of carbonyl (C=O) groups excluding carboxylic acids is 2. The Morgan fingerprint density at radius 3 is 2.33 bits per heavy atom. The Labute approximate surface area is 144 Å². The highest BCUT2D eigenvalue weighted by atomic mass is 35.5. The van der Waals surface area contributed by atoms with Crippen molar-refractivity contribution in [1.29, 1.82) is 0 Å². The van der Waals surface area contributed by atoms with E-state index in [9.17, 15) is 9.59 Å². The molecule has 0 bridgehead atoms. The first kappa shape index (κ1) is 15.9. The van der Waals surface area contributed by atoms with Crippen LogP contribution in [0.2, 0.25) is 5.02 Å². The molecule has 6 nitrogen and oxygen atoms in total. The summed E-state index contributed by atoms with van der Waals surface area (Å²) < 4.78 is 11.6. The molecule has 3 aliphatic rings. The molecule has 1 aromatic carbocycles. The van der Waals surface area contributed by atoms with Crippen molar-refractivity contribution in [3.8, 4) is 0 Å². The van der Waals surface area contributed by atoms with Crippen molar-refractivity contribution in [3.63, 3.8) is 0 Å². The van der Waals surface area contributed by atoms with Gasteiger partial charge in [0.2, 0.25) is 5.91 Å². The van der Waals surface area contributed by atoms with Gasteiger partial charge in [-0.3, -0.25) is 9.59 Å². The summed E-state index contributed by atoms with van der Waals surface area (Å²) in [5.74, 6) is 0.0314. The lowest BCUT2D eigenvalue weighted by Gasteiger charge is -2.18. The van der Waals surface area contributed by atoms with Crippen LogP contribution in [0.15, 0.2) is 24.3 Å². The smallest absolute Gasteiger partial charge is 0.251 e. The normalized spacial score (nSPS) is 31.5. The zero-order valence-electron chi connectivity index (χ0n) is 13.0. The summed E-state index contributed by atoms with van der Waals surface area (Å²) in [6, 6.07) is 6.42. The van der Waals surface area contributed by atoms with Gasteiger partial charge in [0.1, 0.15) is 12.2 Å². The maximum absolute atomic E-state index is 12.3. The van der Waals surface area contributed by atoms with Gasteiger partial charge >= 0.3 is 0 Å². The van der Waals surface area contributed by atoms with E-state index in [0.29, 0.717) is 23.8 Å². The van der Waals surface area contributed by atoms with Crippen molar-refractivity contribution >= 4 is 23.4 Å². The van der Waals surface area contributed by atoms with Gasteiger partial charge in [-0.1, -0.05) is 17.7 Å². The molecule has 2 amide bonds. The molecule has 7 heteroatoms. The Morgan fingerprint density at radius 2 is 1.71 bits per heavy atom. The minimum absolute atomic E-state index is 0.0827. The van der Waals surface area contributed by atoms with Gasteiger partial charge in [0.05, 0.1) is 25.3 Å². The van der Waals surface area contributed by atoms with Crippen LogP contribution in [-0.2, 0) is 14.3 Å². The highest BCUT2D eigenvalue weighted by molar-refractivity contribution is 6.30. The number of amides is 2. The average molecular weight is 351 g/mol. The van der Waals surface area contributed by atoms with Gasteiger partial charge in [0.25, 0.3) is 5.91 Å². The molecule has 1 aromatic rings. The Bertz CT molecular complexity index is 664. The standard InChI is InChI=1S/C17H19ClN2O4/c18-11-3-1-2-10(6-11)17(22)20-13-8-24-14-12(7-23-15(13)14)19-16(21)9-4-5-9/h1-3,6,9,12-15H,4-5,7-8H2,(H,19,21)(H,20,22). The van der Waals surface area contributed by atoms with E-state index in [1.807, 2.05) is 0 Å². The lowest BCUT2D eigenvalue weighted by molar-refractivity contribution is -0.123. The van der Waals surface area contributed by atoms with Crippen molar-refractivity contribution in [2.75, 3.05) is 13.2 Å². The molecule has 4 rings (SSSR count). The first-order chi connectivity index (χ1) is 11.6. The summed E-state index contributed by atoms with van der Waals surface area (Å²) in [7, 11) is 0. The van der Waals surface area contributed by atoms with E-state index in [-0.39, 0.29) is 42.0 Å². The molecule has 2 aliphatic heterocycles. The van der Waals surface area contributed by atoms with Gasteiger partial charge in [-0.25, -0.2) is 0 Å². The summed E-state index contributed by atoms with van der Waals surface area (Å²) in [4.78, 5) is 24.3. The van der Waals surface area contributed by atoms with Crippen molar-refractivity contribution in [2.45, 2.75) is 37.1 Å². The first-order valence-corrected chi connectivity index (χ1v) is 8.59. The molecule has 0 spiro atoms. The predicted octanol–water partition coefficient (Wildman–Crippen LogP) is 1.13. The van der Waals surface area contributed by atoms with Crippen LogP contribution in [0.25, 0.3) is 0 Å². The number of benzene rings is 1. The minimum atomic E-state index is -0.238. The third-order valence-electron chi connectivity index (χ3n) is 4.73. The van der Waals surface area contributed by atoms with Crippen LogP contribution in [0.4, 0.5) is 0 Å². The van der Waals surface area contributed by atoms with Crippen molar-refractivity contribution in [2.24, 2.45) is 5.92 Å². The summed E-state index contributed by atoms with van der Waals surface area (Å²) in [6.45, 7) is 0.786. The molecule has 128 valence electrons. The molecule has 1 saturated carbocycles. The average Bonchev–Trinajstić information content (AvgIpc) is 3.24. The number of halogens is 1. The van der Waals surface area contributed by atoms with Crippen LogP contribution in [-0.4, -0.2) is 49.3 Å². The van der Waals surface area contributed by atoms with Crippen LogP contribution in [0, 0.1) is 5.92 Å². The molecular weight excluding hydrogens is 332 g/mol. The van der Waals surface area contributed by atoms with E-state index in [2.05, 4.69) is 10.6 Å². The zero-order valence-corrected chi connectivity index (χ0v) is 13.8. The monoisotopic (exact) mass is 350 g/mol. The lowest BCUT2D eigenvalue weighted by Crippen LogP contribution is -2.47. The fourth-order valence-electron chi connectivity index (χ4n) is 3.27. The van der Waals surface area contributed by atoms with Gasteiger partial charge in [-0.15, -0.1) is 0 Å². The number of ether oxygens (including phenoxy) is 2. The van der Waals surface area contributed by atoms with Gasteiger partial charge < -0.3 is 20.1 Å². The van der Waals surface area contributed by atoms with Gasteiger partial charge in [0.15, 0.2) is 0 Å². The number of rotatable bonds is 4. The van der Waals surface area contributed by atoms with E-state index in [1.54, 1.807) is 24.3 Å². The fourth-order valence-corrected chi connectivity index (χ4v) is 3.46. The Hall–Kier alpha value is -1.63. The second-order valence-corrected chi connectivity index (χ2v) is 7.01. The highest BCUT2D eigenvalue weighted by Crippen LogP contribution is 2.31. The van der Waals surface area contributed by atoms with E-state index >= 15 is 0 Å². The fraction of sp³-hybridized carbons (Fsp3) is 0.529. The Balaban J connectivity index is 1.36. The minimum Gasteiger partial charge on any atom is -0.371 e. The topological polar surface area (TPSA) is 76.7 Å². The SMILES string of the molecule is O=C(NC1COC2C(NC(=O)C3CC3)COC12)c1cccc(Cl)c1. The van der Waals surface area contributed by atoms with Crippen molar-refractivity contribution in [3.05, 3.63) is 34.9 Å². The quantitative estimate of drug-likeness (QED) is 0.853. The predicted molar refractivity (Wildman–Crippen MR) is 86.8 cm³/mol. The Kier molecular flexibility index (Phi) is 4.20. The molecule has 1 aliphatic carbocycles. The Morgan fingerprint density at radius 1 is 1.04 bits per heavy atom. The largest absolute Gasteiger partial charge is 0.371 e. The van der Waals surface area contributed by atoms with Gasteiger partial charge in [0, 0.05) is 16.5 Å². The van der Waals surface area contributed by atoms with Crippen molar-refractivity contribution < 1.29 is 19.1 Å². The van der Waals surface area contributed by atoms with Gasteiger partial charge in [-0.2, -0.15) is 0 Å². The molecule has 24 heavy (non-hydrogen) atoms. The lowest BCUT2D eigenvalue weighted by atomic mass is 10.1. The van der Waals surface area contributed by atoms with Crippen LogP contribution >= 0.6 is 11.6 Å². The van der Waals surface area contributed by atoms with E-state index in [1.165, 1.54) is 0 Å². The number of carbonyl (C=O) groups is 2. The second-order valence-electron chi connectivity index (χ2n) is 6.58. The molecule has 0 aromatic heterocycles. The molecule has 4 atom stereocenters. The van der Waals surface area contributed by atoms with Crippen LogP contribution in [0.3, 0.4) is 0 Å². The number of hydrogen-bond acceptors (Lipinski definition) is 4. The van der Waals surface area contributed by atoms with E-state index in [4.69, 9.17) is 21.1 Å². The van der Waals surface area contributed by atoms with Crippen LogP contribution in [0.1, 0.15) is 23.2 Å². The summed E-state index contributed by atoms with van der Waals surface area (Å²) in [5.41, 5.74) is 0.502. The van der Waals surface area contributed by atoms with Crippen LogP contribution in [0.5, 0.6) is 0 Å². The molecular formula is C17H19ClN2O4. The number of nitrogens with one attached hydrogen (secondary N) is 2. The third kappa shape index (κ3) is 3.14. The van der Waals surface area contributed by atoms with Crippen molar-refractivity contribution in [1.82, 2.24) is 10.6 Å². The number of hydrogen-bond donors (Lipinski definition) is 2. The third-order valence-corrected chi connectivity index (χ3v) is 4.97. The summed E-state index contributed by atoms with van der Waals surface area (Å²) in [5, 5.41) is 6.47. The van der Waals surface area contributed by atoms with Gasteiger partial charge in [-0.05, 0) is 31.0 Å². The molecule has 4 unspecified atom stereocenters. The molecule has 2 saturated heterocycles.